The van der Waals surface area contributed by atoms with Crippen molar-refractivity contribution in [1.29, 1.82) is 0 Å². The minimum atomic E-state index is -0.290. The average molecular weight is 357 g/mol. The number of ether oxygens (including phenoxy) is 1. The van der Waals surface area contributed by atoms with Gasteiger partial charge in [0.05, 0.1) is 6.26 Å². The molecule has 0 unspecified atom stereocenters. The van der Waals surface area contributed by atoms with Gasteiger partial charge < -0.3 is 9.15 Å². The van der Waals surface area contributed by atoms with E-state index < -0.39 is 0 Å². The van der Waals surface area contributed by atoms with E-state index in [2.05, 4.69) is 36.3 Å². The van der Waals surface area contributed by atoms with Crippen molar-refractivity contribution >= 4 is 22.4 Å². The first-order valence-corrected chi connectivity index (χ1v) is 8.64. The summed E-state index contributed by atoms with van der Waals surface area (Å²) in [6.07, 6.45) is 1.56. The fourth-order valence-corrected chi connectivity index (χ4v) is 2.86. The predicted octanol–water partition coefficient (Wildman–Crippen LogP) is 4.11. The number of aromatic nitrogens is 2. The zero-order chi connectivity index (χ0) is 17.9. The molecule has 0 bridgehead atoms. The van der Waals surface area contributed by atoms with Crippen LogP contribution < -0.4 is 10.1 Å². The quantitative estimate of drug-likeness (QED) is 0.743. The molecule has 2 aromatic heterocycles. The first-order valence-electron chi connectivity index (χ1n) is 7.82. The number of anilines is 1. The summed E-state index contributed by atoms with van der Waals surface area (Å²) in [5.74, 6) is 0.979. The second-order valence-corrected chi connectivity index (χ2v) is 7.48. The van der Waals surface area contributed by atoms with Crippen molar-refractivity contribution in [3.63, 3.8) is 0 Å². The summed E-state index contributed by atoms with van der Waals surface area (Å²) in [7, 11) is 0. The van der Waals surface area contributed by atoms with E-state index in [1.54, 1.807) is 18.4 Å². The van der Waals surface area contributed by atoms with Crippen LogP contribution in [0.5, 0.6) is 5.75 Å². The summed E-state index contributed by atoms with van der Waals surface area (Å²) in [5, 5.41) is 11.6. The molecule has 1 aromatic carbocycles. The summed E-state index contributed by atoms with van der Waals surface area (Å²) in [6.45, 7) is 6.35. The number of carbonyl (C=O) groups is 1. The first-order chi connectivity index (χ1) is 11.9. The molecule has 1 N–H and O–H groups in total. The van der Waals surface area contributed by atoms with E-state index in [4.69, 9.17) is 9.15 Å². The second kappa shape index (κ2) is 7.06. The normalized spacial score (nSPS) is 11.3. The number of nitrogens with one attached hydrogen (secondary N) is 1. The minimum Gasteiger partial charge on any atom is -0.484 e. The Labute approximate surface area is 149 Å². The van der Waals surface area contributed by atoms with Crippen molar-refractivity contribution in [3.05, 3.63) is 48.2 Å². The molecule has 25 heavy (non-hydrogen) atoms. The maximum Gasteiger partial charge on any atom is 0.264 e. The van der Waals surface area contributed by atoms with Crippen LogP contribution in [0.3, 0.4) is 0 Å². The first kappa shape index (κ1) is 17.2. The Morgan fingerprint density at radius 3 is 2.60 bits per heavy atom. The fraction of sp³-hybridized carbons (Fsp3) is 0.278. The lowest BCUT2D eigenvalue weighted by Gasteiger charge is -2.19. The molecule has 3 rings (SSSR count). The number of hydrogen-bond acceptors (Lipinski definition) is 6. The van der Waals surface area contributed by atoms with E-state index in [0.717, 1.165) is 0 Å². The largest absolute Gasteiger partial charge is 0.484 e. The molecule has 0 aliphatic rings. The molecule has 0 fully saturated rings. The third-order valence-corrected chi connectivity index (χ3v) is 4.35. The van der Waals surface area contributed by atoms with E-state index in [1.165, 1.54) is 16.9 Å². The van der Waals surface area contributed by atoms with Gasteiger partial charge in [0.2, 0.25) is 5.13 Å². The third kappa shape index (κ3) is 4.45. The van der Waals surface area contributed by atoms with Crippen LogP contribution >= 0.6 is 11.3 Å². The van der Waals surface area contributed by atoms with Gasteiger partial charge >= 0.3 is 0 Å². The Kier molecular flexibility index (Phi) is 4.85. The molecule has 130 valence electrons. The van der Waals surface area contributed by atoms with Gasteiger partial charge in [-0.15, -0.1) is 10.2 Å². The number of hydrogen-bond donors (Lipinski definition) is 1. The maximum absolute atomic E-state index is 12.0. The molecule has 0 aliphatic carbocycles. The number of benzene rings is 1. The Balaban J connectivity index is 1.53. The van der Waals surface area contributed by atoms with Crippen LogP contribution in [0.1, 0.15) is 26.3 Å². The highest BCUT2D eigenvalue weighted by molar-refractivity contribution is 7.18. The van der Waals surface area contributed by atoms with Crippen LogP contribution in [0.4, 0.5) is 5.13 Å². The monoisotopic (exact) mass is 357 g/mol. The van der Waals surface area contributed by atoms with Crippen LogP contribution in [-0.2, 0) is 10.2 Å². The van der Waals surface area contributed by atoms with Crippen LogP contribution in [0, 0.1) is 0 Å². The molecule has 0 aliphatic heterocycles. The molecular weight excluding hydrogens is 338 g/mol. The highest BCUT2D eigenvalue weighted by atomic mass is 32.1. The van der Waals surface area contributed by atoms with Gasteiger partial charge in [-0.1, -0.05) is 44.2 Å². The number of furan rings is 1. The fourth-order valence-electron chi connectivity index (χ4n) is 2.13. The highest BCUT2D eigenvalue weighted by Gasteiger charge is 2.14. The lowest BCUT2D eigenvalue weighted by atomic mass is 9.87. The van der Waals surface area contributed by atoms with E-state index in [0.29, 0.717) is 21.6 Å². The smallest absolute Gasteiger partial charge is 0.264 e. The molecule has 0 atom stereocenters. The number of rotatable bonds is 5. The summed E-state index contributed by atoms with van der Waals surface area (Å²) >= 11 is 1.24. The Hall–Kier alpha value is -2.67. The molecule has 6 nitrogen and oxygen atoms in total. The van der Waals surface area contributed by atoms with Gasteiger partial charge in [-0.05, 0) is 35.2 Å². The van der Waals surface area contributed by atoms with Crippen LogP contribution in [-0.4, -0.2) is 22.7 Å². The SMILES string of the molecule is CC(C)(C)c1ccc(OCC(=O)Nc2nnc(-c3ccco3)s2)cc1. The number of carbonyl (C=O) groups excluding carboxylic acids is 1. The zero-order valence-corrected chi connectivity index (χ0v) is 15.1. The van der Waals surface area contributed by atoms with Crippen LogP contribution in [0.15, 0.2) is 47.1 Å². The summed E-state index contributed by atoms with van der Waals surface area (Å²) in [4.78, 5) is 12.0. The van der Waals surface area contributed by atoms with E-state index in [-0.39, 0.29) is 17.9 Å². The Bertz CT molecular complexity index is 833. The lowest BCUT2D eigenvalue weighted by molar-refractivity contribution is -0.118. The molecule has 3 aromatic rings. The van der Waals surface area contributed by atoms with E-state index in [1.807, 2.05) is 24.3 Å². The topological polar surface area (TPSA) is 77.2 Å². The minimum absolute atomic E-state index is 0.0828. The summed E-state index contributed by atoms with van der Waals surface area (Å²) in [6, 6.07) is 11.3. The van der Waals surface area contributed by atoms with Crippen LogP contribution in [0.2, 0.25) is 0 Å². The van der Waals surface area contributed by atoms with Gasteiger partial charge in [-0.2, -0.15) is 0 Å². The van der Waals surface area contributed by atoms with Gasteiger partial charge in [0.25, 0.3) is 5.91 Å². The van der Waals surface area contributed by atoms with Gasteiger partial charge in [0.1, 0.15) is 5.75 Å². The molecule has 0 saturated carbocycles. The van der Waals surface area contributed by atoms with Crippen molar-refractivity contribution in [2.24, 2.45) is 0 Å². The van der Waals surface area contributed by atoms with Crippen molar-refractivity contribution < 1.29 is 13.9 Å². The number of amides is 1. The zero-order valence-electron chi connectivity index (χ0n) is 14.3. The van der Waals surface area contributed by atoms with Crippen LogP contribution in [0.25, 0.3) is 10.8 Å². The molecule has 7 heteroatoms. The van der Waals surface area contributed by atoms with Gasteiger partial charge in [-0.25, -0.2) is 0 Å². The van der Waals surface area contributed by atoms with Crippen molar-refractivity contribution in [2.45, 2.75) is 26.2 Å². The molecule has 2 heterocycles. The lowest BCUT2D eigenvalue weighted by Crippen LogP contribution is -2.20. The van der Waals surface area contributed by atoms with Crippen molar-refractivity contribution in [2.75, 3.05) is 11.9 Å². The standard InChI is InChI=1S/C18H19N3O3S/c1-18(2,3)12-6-8-13(9-7-12)24-11-15(22)19-17-21-20-16(25-17)14-5-4-10-23-14/h4-10H,11H2,1-3H3,(H,19,21,22). The molecule has 1 amide bonds. The number of nitrogens with zero attached hydrogens (tertiary/aromatic N) is 2. The predicted molar refractivity (Wildman–Crippen MR) is 96.9 cm³/mol. The van der Waals surface area contributed by atoms with Gasteiger partial charge in [-0.3, -0.25) is 10.1 Å². The molecule has 0 radical (unpaired) electrons. The molecular formula is C18H19N3O3S. The van der Waals surface area contributed by atoms with Crippen molar-refractivity contribution in [3.8, 4) is 16.5 Å². The van der Waals surface area contributed by atoms with Gasteiger partial charge in [0.15, 0.2) is 17.4 Å². The van der Waals surface area contributed by atoms with E-state index >= 15 is 0 Å². The Morgan fingerprint density at radius 1 is 1.20 bits per heavy atom. The van der Waals surface area contributed by atoms with E-state index in [9.17, 15) is 4.79 Å². The summed E-state index contributed by atoms with van der Waals surface area (Å²) in [5.41, 5.74) is 1.29. The Morgan fingerprint density at radius 2 is 1.96 bits per heavy atom. The second-order valence-electron chi connectivity index (χ2n) is 6.50. The van der Waals surface area contributed by atoms with Gasteiger partial charge in [0, 0.05) is 0 Å². The molecule has 0 saturated heterocycles. The highest BCUT2D eigenvalue weighted by Crippen LogP contribution is 2.26. The van der Waals surface area contributed by atoms with Crippen molar-refractivity contribution in [1.82, 2.24) is 10.2 Å². The maximum atomic E-state index is 12.0. The molecule has 0 spiro atoms. The third-order valence-electron chi connectivity index (χ3n) is 3.49. The summed E-state index contributed by atoms with van der Waals surface area (Å²) < 4.78 is 10.8. The average Bonchev–Trinajstić information content (AvgIpc) is 3.23.